The fraction of sp³-hybridized carbons (Fsp3) is 0.538. The van der Waals surface area contributed by atoms with Crippen molar-refractivity contribution in [3.8, 4) is 0 Å². The smallest absolute Gasteiger partial charge is 0.256 e. The molecule has 1 unspecified atom stereocenters. The highest BCUT2D eigenvalue weighted by molar-refractivity contribution is 6.32. The third kappa shape index (κ3) is 3.64. The van der Waals surface area contributed by atoms with Crippen LogP contribution in [0.25, 0.3) is 0 Å². The van der Waals surface area contributed by atoms with Crippen molar-refractivity contribution in [2.45, 2.75) is 12.8 Å². The summed E-state index contributed by atoms with van der Waals surface area (Å²) < 4.78 is 18.5. The summed E-state index contributed by atoms with van der Waals surface area (Å²) in [6.07, 6.45) is 3.04. The molecular formula is C13H16ClFN2O2. The number of ether oxygens (including phenoxy) is 1. The van der Waals surface area contributed by atoms with Crippen LogP contribution in [-0.4, -0.2) is 42.6 Å². The van der Waals surface area contributed by atoms with Gasteiger partial charge in [-0.25, -0.2) is 9.37 Å². The van der Waals surface area contributed by atoms with Crippen molar-refractivity contribution < 1.29 is 13.9 Å². The predicted octanol–water partition coefficient (Wildman–Crippen LogP) is 2.37. The summed E-state index contributed by atoms with van der Waals surface area (Å²) in [5.41, 5.74) is 0.0981. The molecule has 0 N–H and O–H groups in total. The summed E-state index contributed by atoms with van der Waals surface area (Å²) in [4.78, 5) is 17.4. The summed E-state index contributed by atoms with van der Waals surface area (Å²) in [6.45, 7) is 2.02. The lowest BCUT2D eigenvalue weighted by atomic mass is 10.0. The van der Waals surface area contributed by atoms with Crippen molar-refractivity contribution in [2.24, 2.45) is 5.92 Å². The first-order valence-corrected chi connectivity index (χ1v) is 6.60. The first kappa shape index (κ1) is 14.2. The zero-order chi connectivity index (χ0) is 13.8. The van der Waals surface area contributed by atoms with E-state index in [0.717, 1.165) is 31.7 Å². The van der Waals surface area contributed by atoms with Crippen LogP contribution in [0.5, 0.6) is 0 Å². The van der Waals surface area contributed by atoms with E-state index in [1.807, 2.05) is 0 Å². The summed E-state index contributed by atoms with van der Waals surface area (Å²) in [6, 6.07) is 1.12. The van der Waals surface area contributed by atoms with Gasteiger partial charge in [0.2, 0.25) is 0 Å². The van der Waals surface area contributed by atoms with Crippen LogP contribution in [0.4, 0.5) is 4.39 Å². The van der Waals surface area contributed by atoms with E-state index in [9.17, 15) is 9.18 Å². The highest BCUT2D eigenvalue weighted by Crippen LogP contribution is 2.18. The number of pyridine rings is 1. The minimum absolute atomic E-state index is 0.0261. The van der Waals surface area contributed by atoms with Crippen LogP contribution in [0, 0.1) is 11.7 Å². The Balaban J connectivity index is 2.03. The van der Waals surface area contributed by atoms with Crippen molar-refractivity contribution in [1.29, 1.82) is 0 Å². The molecule has 1 aromatic heterocycles. The lowest BCUT2D eigenvalue weighted by Crippen LogP contribution is -2.35. The van der Waals surface area contributed by atoms with Gasteiger partial charge in [-0.3, -0.25) is 4.79 Å². The van der Waals surface area contributed by atoms with Crippen LogP contribution in [0.2, 0.25) is 5.15 Å². The molecule has 1 amide bonds. The van der Waals surface area contributed by atoms with E-state index >= 15 is 0 Å². The van der Waals surface area contributed by atoms with Crippen LogP contribution in [0.1, 0.15) is 23.2 Å². The number of rotatable bonds is 3. The molecule has 0 saturated carbocycles. The van der Waals surface area contributed by atoms with Gasteiger partial charge < -0.3 is 9.64 Å². The van der Waals surface area contributed by atoms with E-state index in [0.29, 0.717) is 19.1 Å². The Hall–Kier alpha value is -1.20. The maximum Gasteiger partial charge on any atom is 0.256 e. The van der Waals surface area contributed by atoms with Crippen molar-refractivity contribution in [3.63, 3.8) is 0 Å². The Morgan fingerprint density at radius 2 is 2.47 bits per heavy atom. The zero-order valence-electron chi connectivity index (χ0n) is 10.7. The second-order valence-electron chi connectivity index (χ2n) is 4.76. The van der Waals surface area contributed by atoms with Crippen LogP contribution in [0.3, 0.4) is 0 Å². The van der Waals surface area contributed by atoms with Gasteiger partial charge in [0.05, 0.1) is 18.4 Å². The highest BCUT2D eigenvalue weighted by Gasteiger charge is 2.21. The number of halogens is 2. The van der Waals surface area contributed by atoms with E-state index in [4.69, 9.17) is 16.3 Å². The molecule has 0 bridgehead atoms. The molecule has 4 nitrogen and oxygen atoms in total. The summed E-state index contributed by atoms with van der Waals surface area (Å²) in [5, 5.41) is 0.0261. The maximum atomic E-state index is 13.1. The Bertz CT molecular complexity index is 464. The van der Waals surface area contributed by atoms with Crippen molar-refractivity contribution in [3.05, 3.63) is 28.8 Å². The molecule has 19 heavy (non-hydrogen) atoms. The monoisotopic (exact) mass is 286 g/mol. The number of nitrogens with zero attached hydrogens (tertiary/aromatic N) is 2. The molecule has 1 aliphatic heterocycles. The minimum atomic E-state index is -0.567. The van der Waals surface area contributed by atoms with Gasteiger partial charge in [-0.05, 0) is 24.8 Å². The van der Waals surface area contributed by atoms with Crippen LogP contribution < -0.4 is 0 Å². The van der Waals surface area contributed by atoms with Crippen molar-refractivity contribution in [2.75, 3.05) is 26.8 Å². The van der Waals surface area contributed by atoms with E-state index in [1.54, 1.807) is 11.9 Å². The number of hydrogen-bond acceptors (Lipinski definition) is 3. The highest BCUT2D eigenvalue weighted by atomic mass is 35.5. The molecule has 104 valence electrons. The van der Waals surface area contributed by atoms with Gasteiger partial charge in [-0.15, -0.1) is 0 Å². The fourth-order valence-electron chi connectivity index (χ4n) is 2.20. The Kier molecular flexibility index (Phi) is 4.71. The second-order valence-corrected chi connectivity index (χ2v) is 5.12. The third-order valence-electron chi connectivity index (χ3n) is 3.17. The van der Waals surface area contributed by atoms with E-state index < -0.39 is 5.82 Å². The average molecular weight is 287 g/mol. The molecule has 2 heterocycles. The average Bonchev–Trinajstić information content (AvgIpc) is 2.42. The second kappa shape index (κ2) is 6.30. The third-order valence-corrected chi connectivity index (χ3v) is 3.47. The molecule has 1 aromatic rings. The quantitative estimate of drug-likeness (QED) is 0.801. The largest absolute Gasteiger partial charge is 0.381 e. The van der Waals surface area contributed by atoms with Crippen molar-refractivity contribution >= 4 is 17.5 Å². The lowest BCUT2D eigenvalue weighted by Gasteiger charge is -2.27. The molecule has 1 fully saturated rings. The van der Waals surface area contributed by atoms with Gasteiger partial charge in [0, 0.05) is 20.2 Å². The van der Waals surface area contributed by atoms with Gasteiger partial charge in [-0.2, -0.15) is 0 Å². The number of hydrogen-bond donors (Lipinski definition) is 0. The Morgan fingerprint density at radius 3 is 3.16 bits per heavy atom. The van der Waals surface area contributed by atoms with Gasteiger partial charge in [-0.1, -0.05) is 11.6 Å². The molecule has 2 rings (SSSR count). The number of carbonyl (C=O) groups excluding carboxylic acids is 1. The first-order chi connectivity index (χ1) is 9.08. The Morgan fingerprint density at radius 1 is 1.68 bits per heavy atom. The molecule has 1 aliphatic rings. The fourth-order valence-corrected chi connectivity index (χ4v) is 2.38. The maximum absolute atomic E-state index is 13.1. The first-order valence-electron chi connectivity index (χ1n) is 6.22. The molecule has 0 aromatic carbocycles. The molecule has 0 aliphatic carbocycles. The van der Waals surface area contributed by atoms with Crippen LogP contribution in [0.15, 0.2) is 12.3 Å². The van der Waals surface area contributed by atoms with Gasteiger partial charge >= 0.3 is 0 Å². The topological polar surface area (TPSA) is 42.4 Å². The molecular weight excluding hydrogens is 271 g/mol. The zero-order valence-corrected chi connectivity index (χ0v) is 11.5. The number of carbonyl (C=O) groups is 1. The molecule has 6 heteroatoms. The van der Waals surface area contributed by atoms with Crippen LogP contribution >= 0.6 is 11.6 Å². The lowest BCUT2D eigenvalue weighted by molar-refractivity contribution is 0.0388. The minimum Gasteiger partial charge on any atom is -0.381 e. The molecule has 1 saturated heterocycles. The van der Waals surface area contributed by atoms with E-state index in [2.05, 4.69) is 4.98 Å². The summed E-state index contributed by atoms with van der Waals surface area (Å²) in [5.74, 6) is -0.562. The van der Waals surface area contributed by atoms with E-state index in [-0.39, 0.29) is 16.6 Å². The number of aromatic nitrogens is 1. The number of amides is 1. The van der Waals surface area contributed by atoms with Crippen molar-refractivity contribution in [1.82, 2.24) is 9.88 Å². The molecule has 0 spiro atoms. The molecule has 1 atom stereocenters. The van der Waals surface area contributed by atoms with Gasteiger partial charge in [0.15, 0.2) is 0 Å². The summed E-state index contributed by atoms with van der Waals surface area (Å²) in [7, 11) is 1.68. The molecule has 0 radical (unpaired) electrons. The Labute approximate surface area is 116 Å². The van der Waals surface area contributed by atoms with Gasteiger partial charge in [0.1, 0.15) is 11.0 Å². The van der Waals surface area contributed by atoms with Crippen LogP contribution in [-0.2, 0) is 4.74 Å². The van der Waals surface area contributed by atoms with E-state index in [1.165, 1.54) is 0 Å². The normalized spacial score (nSPS) is 19.2. The SMILES string of the molecule is CN(CC1CCCOC1)C(=O)c1cc(F)cnc1Cl. The van der Waals surface area contributed by atoms with Gasteiger partial charge in [0.25, 0.3) is 5.91 Å². The predicted molar refractivity (Wildman–Crippen MR) is 69.7 cm³/mol. The standard InChI is InChI=1S/C13H16ClFN2O2/c1-17(7-9-3-2-4-19-8-9)13(18)11-5-10(15)6-16-12(11)14/h5-6,9H,2-4,7-8H2,1H3. The summed E-state index contributed by atoms with van der Waals surface area (Å²) >= 11 is 5.83.